The highest BCUT2D eigenvalue weighted by atomic mass is 16.4. The van der Waals surface area contributed by atoms with Gasteiger partial charge in [-0.1, -0.05) is 26.0 Å². The SMILES string of the molecule is CC(C)C(NC(=O)c1ccco1)C(=O)Nc1ccc(CC(=O)O)cc1. The van der Waals surface area contributed by atoms with Crippen LogP contribution in [0, 0.1) is 5.92 Å². The van der Waals surface area contributed by atoms with Gasteiger partial charge in [0.2, 0.25) is 5.91 Å². The molecular formula is C18H20N2O5. The molecule has 132 valence electrons. The fourth-order valence-corrected chi connectivity index (χ4v) is 2.26. The summed E-state index contributed by atoms with van der Waals surface area (Å²) < 4.78 is 5.03. The van der Waals surface area contributed by atoms with Crippen LogP contribution in [0.5, 0.6) is 0 Å². The lowest BCUT2D eigenvalue weighted by molar-refractivity contribution is -0.136. The molecule has 1 unspecified atom stereocenters. The molecule has 0 aliphatic carbocycles. The first-order valence-corrected chi connectivity index (χ1v) is 7.83. The van der Waals surface area contributed by atoms with Gasteiger partial charge in [0.05, 0.1) is 12.7 Å². The molecule has 0 aliphatic rings. The van der Waals surface area contributed by atoms with E-state index in [0.29, 0.717) is 11.3 Å². The number of amides is 2. The number of carboxylic acids is 1. The number of carboxylic acid groups (broad SMARTS) is 1. The Morgan fingerprint density at radius 1 is 1.12 bits per heavy atom. The second-order valence-corrected chi connectivity index (χ2v) is 5.93. The second kappa shape index (κ2) is 8.14. The Labute approximate surface area is 145 Å². The molecule has 2 amide bonds. The number of hydrogen-bond donors (Lipinski definition) is 3. The van der Waals surface area contributed by atoms with Gasteiger partial charge < -0.3 is 20.2 Å². The molecule has 3 N–H and O–H groups in total. The molecule has 0 spiro atoms. The lowest BCUT2D eigenvalue weighted by Gasteiger charge is -2.21. The number of aliphatic carboxylic acids is 1. The Hall–Kier alpha value is -3.09. The number of carbonyl (C=O) groups is 3. The van der Waals surface area contributed by atoms with Gasteiger partial charge in [0.25, 0.3) is 5.91 Å². The van der Waals surface area contributed by atoms with Crippen LogP contribution in [0.25, 0.3) is 0 Å². The van der Waals surface area contributed by atoms with Crippen molar-refractivity contribution in [3.63, 3.8) is 0 Å². The van der Waals surface area contributed by atoms with Gasteiger partial charge in [-0.05, 0) is 35.7 Å². The van der Waals surface area contributed by atoms with Crippen molar-refractivity contribution in [1.82, 2.24) is 5.32 Å². The van der Waals surface area contributed by atoms with Crippen molar-refractivity contribution < 1.29 is 23.9 Å². The highest BCUT2D eigenvalue weighted by Gasteiger charge is 2.25. The molecule has 0 aliphatic heterocycles. The number of rotatable bonds is 7. The zero-order valence-corrected chi connectivity index (χ0v) is 14.0. The van der Waals surface area contributed by atoms with Gasteiger partial charge in [0.15, 0.2) is 5.76 Å². The maximum absolute atomic E-state index is 12.5. The zero-order chi connectivity index (χ0) is 18.4. The van der Waals surface area contributed by atoms with E-state index in [1.54, 1.807) is 30.3 Å². The number of carbonyl (C=O) groups excluding carboxylic acids is 2. The summed E-state index contributed by atoms with van der Waals surface area (Å²) in [7, 11) is 0. The van der Waals surface area contributed by atoms with E-state index in [1.165, 1.54) is 12.3 Å². The monoisotopic (exact) mass is 344 g/mol. The van der Waals surface area contributed by atoms with E-state index in [0.717, 1.165) is 0 Å². The molecule has 1 atom stereocenters. The van der Waals surface area contributed by atoms with Crippen LogP contribution in [0.2, 0.25) is 0 Å². The van der Waals surface area contributed by atoms with E-state index >= 15 is 0 Å². The van der Waals surface area contributed by atoms with Crippen LogP contribution < -0.4 is 10.6 Å². The van der Waals surface area contributed by atoms with Gasteiger partial charge in [-0.3, -0.25) is 14.4 Å². The van der Waals surface area contributed by atoms with Gasteiger partial charge in [-0.15, -0.1) is 0 Å². The molecule has 1 aromatic heterocycles. The summed E-state index contributed by atoms with van der Waals surface area (Å²) in [5.74, 6) is -1.74. The van der Waals surface area contributed by atoms with Crippen molar-refractivity contribution in [2.24, 2.45) is 5.92 Å². The van der Waals surface area contributed by atoms with Crippen molar-refractivity contribution in [2.45, 2.75) is 26.3 Å². The minimum atomic E-state index is -0.919. The summed E-state index contributed by atoms with van der Waals surface area (Å²) in [6, 6.07) is 8.90. The largest absolute Gasteiger partial charge is 0.481 e. The fraction of sp³-hybridized carbons (Fsp3) is 0.278. The molecule has 0 bridgehead atoms. The summed E-state index contributed by atoms with van der Waals surface area (Å²) in [6.45, 7) is 3.64. The van der Waals surface area contributed by atoms with Gasteiger partial charge in [-0.25, -0.2) is 0 Å². The third kappa shape index (κ3) is 5.20. The molecule has 0 fully saturated rings. The van der Waals surface area contributed by atoms with Crippen LogP contribution in [0.15, 0.2) is 47.1 Å². The maximum atomic E-state index is 12.5. The van der Waals surface area contributed by atoms with E-state index in [-0.39, 0.29) is 24.0 Å². The molecule has 1 heterocycles. The average Bonchev–Trinajstić information content (AvgIpc) is 3.08. The Kier molecular flexibility index (Phi) is 5.94. The lowest BCUT2D eigenvalue weighted by Crippen LogP contribution is -2.47. The quantitative estimate of drug-likeness (QED) is 0.714. The van der Waals surface area contributed by atoms with Gasteiger partial charge >= 0.3 is 5.97 Å². The van der Waals surface area contributed by atoms with Crippen LogP contribution in [-0.4, -0.2) is 28.9 Å². The van der Waals surface area contributed by atoms with Gasteiger partial charge in [-0.2, -0.15) is 0 Å². The van der Waals surface area contributed by atoms with E-state index in [9.17, 15) is 14.4 Å². The molecule has 1 aromatic carbocycles. The van der Waals surface area contributed by atoms with Crippen LogP contribution in [-0.2, 0) is 16.0 Å². The van der Waals surface area contributed by atoms with Crippen LogP contribution >= 0.6 is 0 Å². The van der Waals surface area contributed by atoms with Crippen molar-refractivity contribution in [3.05, 3.63) is 54.0 Å². The molecule has 7 heteroatoms. The van der Waals surface area contributed by atoms with Crippen LogP contribution in [0.4, 0.5) is 5.69 Å². The maximum Gasteiger partial charge on any atom is 0.307 e. The van der Waals surface area contributed by atoms with Crippen molar-refractivity contribution in [1.29, 1.82) is 0 Å². The number of furan rings is 1. The smallest absolute Gasteiger partial charge is 0.307 e. The Morgan fingerprint density at radius 2 is 1.80 bits per heavy atom. The minimum Gasteiger partial charge on any atom is -0.481 e. The number of hydrogen-bond acceptors (Lipinski definition) is 4. The predicted molar refractivity (Wildman–Crippen MR) is 91.2 cm³/mol. The Morgan fingerprint density at radius 3 is 2.32 bits per heavy atom. The topological polar surface area (TPSA) is 109 Å². The number of anilines is 1. The molecule has 0 saturated carbocycles. The molecule has 7 nitrogen and oxygen atoms in total. The molecule has 2 aromatic rings. The summed E-state index contributed by atoms with van der Waals surface area (Å²) >= 11 is 0. The molecule has 0 radical (unpaired) electrons. The first-order valence-electron chi connectivity index (χ1n) is 7.83. The Bertz CT molecular complexity index is 735. The van der Waals surface area contributed by atoms with E-state index in [4.69, 9.17) is 9.52 Å². The van der Waals surface area contributed by atoms with E-state index in [2.05, 4.69) is 10.6 Å². The third-order valence-corrected chi connectivity index (χ3v) is 3.56. The second-order valence-electron chi connectivity index (χ2n) is 5.93. The summed E-state index contributed by atoms with van der Waals surface area (Å²) in [4.78, 5) is 35.2. The van der Waals surface area contributed by atoms with Crippen LogP contribution in [0.1, 0.15) is 30.0 Å². The average molecular weight is 344 g/mol. The normalized spacial score (nSPS) is 11.8. The number of nitrogens with one attached hydrogen (secondary N) is 2. The minimum absolute atomic E-state index is 0.0813. The van der Waals surface area contributed by atoms with Crippen molar-refractivity contribution >= 4 is 23.5 Å². The Balaban J connectivity index is 2.02. The summed E-state index contributed by atoms with van der Waals surface area (Å²) in [6.07, 6.45) is 1.31. The van der Waals surface area contributed by atoms with Crippen LogP contribution in [0.3, 0.4) is 0 Å². The standard InChI is InChI=1S/C18H20N2O5/c1-11(2)16(20-17(23)14-4-3-9-25-14)18(24)19-13-7-5-12(6-8-13)10-15(21)22/h3-9,11,16H,10H2,1-2H3,(H,19,24)(H,20,23)(H,21,22). The fourth-order valence-electron chi connectivity index (χ4n) is 2.26. The highest BCUT2D eigenvalue weighted by Crippen LogP contribution is 2.13. The molecule has 2 rings (SSSR count). The summed E-state index contributed by atoms with van der Waals surface area (Å²) in [5.41, 5.74) is 1.16. The third-order valence-electron chi connectivity index (χ3n) is 3.56. The first kappa shape index (κ1) is 18.3. The molecule has 0 saturated heterocycles. The first-order chi connectivity index (χ1) is 11.9. The predicted octanol–water partition coefficient (Wildman–Crippen LogP) is 2.30. The molecule has 25 heavy (non-hydrogen) atoms. The molecular weight excluding hydrogens is 324 g/mol. The van der Waals surface area contributed by atoms with Crippen molar-refractivity contribution in [3.8, 4) is 0 Å². The zero-order valence-electron chi connectivity index (χ0n) is 14.0. The van der Waals surface area contributed by atoms with Gasteiger partial charge in [0.1, 0.15) is 6.04 Å². The lowest BCUT2D eigenvalue weighted by atomic mass is 10.0. The van der Waals surface area contributed by atoms with Gasteiger partial charge in [0, 0.05) is 5.69 Å². The summed E-state index contributed by atoms with van der Waals surface area (Å²) in [5, 5.41) is 14.1. The van der Waals surface area contributed by atoms with E-state index < -0.39 is 17.9 Å². The highest BCUT2D eigenvalue weighted by molar-refractivity contribution is 6.00. The number of benzene rings is 1. The van der Waals surface area contributed by atoms with Crippen molar-refractivity contribution in [2.75, 3.05) is 5.32 Å². The van der Waals surface area contributed by atoms with E-state index in [1.807, 2.05) is 13.8 Å².